The van der Waals surface area contributed by atoms with E-state index in [1.54, 1.807) is 17.2 Å². The molecule has 0 amide bonds. The van der Waals surface area contributed by atoms with E-state index in [0.717, 1.165) is 11.8 Å². The van der Waals surface area contributed by atoms with E-state index in [2.05, 4.69) is 10.2 Å². The monoisotopic (exact) mass is 324 g/mol. The predicted octanol–water partition coefficient (Wildman–Crippen LogP) is 2.74. The van der Waals surface area contributed by atoms with Crippen LogP contribution in [0.1, 0.15) is 5.56 Å². The van der Waals surface area contributed by atoms with Crippen molar-refractivity contribution in [3.05, 3.63) is 66.5 Å². The summed E-state index contributed by atoms with van der Waals surface area (Å²) in [6.45, 7) is 0.435. The Balaban J connectivity index is 1.54. The van der Waals surface area contributed by atoms with Crippen molar-refractivity contribution in [2.75, 3.05) is 13.2 Å². The number of nitrogens with zero attached hydrogens (tertiary/aromatic N) is 4. The zero-order valence-electron chi connectivity index (χ0n) is 12.6. The fraction of sp³-hybridized carbons (Fsp3) is 0.118. The number of aromatic nitrogens is 3. The summed E-state index contributed by atoms with van der Waals surface area (Å²) in [7, 11) is 0. The lowest BCUT2D eigenvalue weighted by Crippen LogP contribution is -2.10. The molecule has 0 aliphatic heterocycles. The Bertz CT molecular complexity index is 859. The van der Waals surface area contributed by atoms with Gasteiger partial charge >= 0.3 is 0 Å². The van der Waals surface area contributed by atoms with Crippen molar-refractivity contribution < 1.29 is 13.9 Å². The second-order valence-corrected chi connectivity index (χ2v) is 4.82. The van der Waals surface area contributed by atoms with E-state index in [1.165, 1.54) is 12.1 Å². The molecule has 0 fully saturated rings. The van der Waals surface area contributed by atoms with Gasteiger partial charge in [0.2, 0.25) is 0 Å². The Kier molecular flexibility index (Phi) is 4.68. The first-order valence-electron chi connectivity index (χ1n) is 7.16. The highest BCUT2D eigenvalue weighted by molar-refractivity contribution is 5.39. The van der Waals surface area contributed by atoms with E-state index in [1.807, 2.05) is 30.3 Å². The molecule has 3 rings (SSSR count). The molecule has 1 heterocycles. The molecule has 0 aliphatic carbocycles. The Morgan fingerprint density at radius 3 is 2.58 bits per heavy atom. The van der Waals surface area contributed by atoms with Gasteiger partial charge in [-0.2, -0.15) is 5.26 Å². The summed E-state index contributed by atoms with van der Waals surface area (Å²) in [5, 5.41) is 16.2. The van der Waals surface area contributed by atoms with Gasteiger partial charge in [-0.05, 0) is 30.3 Å². The molecular formula is C17H13FN4O2. The Morgan fingerprint density at radius 1 is 1.04 bits per heavy atom. The molecule has 1 aromatic heterocycles. The third-order valence-corrected chi connectivity index (χ3v) is 3.21. The van der Waals surface area contributed by atoms with Crippen LogP contribution in [0, 0.1) is 17.1 Å². The molecular weight excluding hydrogens is 311 g/mol. The number of hydrogen-bond donors (Lipinski definition) is 0. The Labute approximate surface area is 137 Å². The zero-order chi connectivity index (χ0) is 16.8. The first kappa shape index (κ1) is 15.5. The summed E-state index contributed by atoms with van der Waals surface area (Å²) in [6, 6.07) is 13.3. The highest BCUT2D eigenvalue weighted by Gasteiger charge is 2.05. The molecule has 0 bridgehead atoms. The van der Waals surface area contributed by atoms with Crippen LogP contribution in [-0.4, -0.2) is 28.0 Å². The lowest BCUT2D eigenvalue weighted by Gasteiger charge is -2.10. The molecule has 0 N–H and O–H groups in total. The van der Waals surface area contributed by atoms with Crippen LogP contribution in [0.5, 0.6) is 11.5 Å². The summed E-state index contributed by atoms with van der Waals surface area (Å²) >= 11 is 0. The second kappa shape index (κ2) is 7.24. The highest BCUT2D eigenvalue weighted by atomic mass is 19.1. The van der Waals surface area contributed by atoms with Crippen LogP contribution >= 0.6 is 0 Å². The molecule has 0 spiro atoms. The fourth-order valence-corrected chi connectivity index (χ4v) is 2.07. The van der Waals surface area contributed by atoms with Crippen LogP contribution < -0.4 is 9.47 Å². The van der Waals surface area contributed by atoms with Crippen LogP contribution in [0.25, 0.3) is 5.69 Å². The fourth-order valence-electron chi connectivity index (χ4n) is 2.07. The van der Waals surface area contributed by atoms with E-state index in [9.17, 15) is 4.39 Å². The van der Waals surface area contributed by atoms with Gasteiger partial charge in [-0.15, -0.1) is 10.2 Å². The van der Waals surface area contributed by atoms with E-state index in [0.29, 0.717) is 5.75 Å². The minimum atomic E-state index is -0.566. The molecule has 24 heavy (non-hydrogen) atoms. The van der Waals surface area contributed by atoms with E-state index >= 15 is 0 Å². The number of hydrogen-bond acceptors (Lipinski definition) is 5. The minimum Gasteiger partial charge on any atom is -0.490 e. The lowest BCUT2D eigenvalue weighted by molar-refractivity contribution is 0.211. The van der Waals surface area contributed by atoms with Crippen molar-refractivity contribution in [3.63, 3.8) is 0 Å². The van der Waals surface area contributed by atoms with E-state index < -0.39 is 5.82 Å². The van der Waals surface area contributed by atoms with Crippen molar-refractivity contribution in [2.24, 2.45) is 0 Å². The van der Waals surface area contributed by atoms with Crippen molar-refractivity contribution in [3.8, 4) is 23.3 Å². The van der Waals surface area contributed by atoms with Crippen molar-refractivity contribution in [2.45, 2.75) is 0 Å². The third kappa shape index (κ3) is 3.67. The van der Waals surface area contributed by atoms with Gasteiger partial charge in [0.05, 0.1) is 17.3 Å². The predicted molar refractivity (Wildman–Crippen MR) is 83.5 cm³/mol. The summed E-state index contributed by atoms with van der Waals surface area (Å²) in [6.07, 6.45) is 3.19. The topological polar surface area (TPSA) is 73.0 Å². The molecule has 0 unspecified atom stereocenters. The van der Waals surface area contributed by atoms with Crippen LogP contribution in [0.4, 0.5) is 4.39 Å². The Morgan fingerprint density at radius 2 is 1.83 bits per heavy atom. The molecule has 0 saturated carbocycles. The molecule has 7 heteroatoms. The van der Waals surface area contributed by atoms with E-state index in [4.69, 9.17) is 14.7 Å². The smallest absolute Gasteiger partial charge is 0.166 e. The molecule has 3 aromatic rings. The minimum absolute atomic E-state index is 0.0934. The lowest BCUT2D eigenvalue weighted by atomic mass is 10.2. The summed E-state index contributed by atoms with van der Waals surface area (Å²) in [4.78, 5) is 0. The molecule has 0 saturated heterocycles. The summed E-state index contributed by atoms with van der Waals surface area (Å²) in [5.41, 5.74) is 1.12. The standard InChI is InChI=1S/C17H13FN4O2/c18-16-8-13(10-19)4-5-17(16)24-7-6-23-15-3-1-2-14(9-15)22-11-20-21-12-22/h1-5,8-9,11-12H,6-7H2. The maximum absolute atomic E-state index is 13.7. The van der Waals surface area contributed by atoms with Gasteiger partial charge < -0.3 is 9.47 Å². The SMILES string of the molecule is N#Cc1ccc(OCCOc2cccc(-n3cnnc3)c2)c(F)c1. The van der Waals surface area contributed by atoms with Crippen molar-refractivity contribution in [1.29, 1.82) is 5.26 Å². The van der Waals surface area contributed by atoms with Crippen LogP contribution in [0.2, 0.25) is 0 Å². The quantitative estimate of drug-likeness (QED) is 0.652. The molecule has 0 aliphatic rings. The van der Waals surface area contributed by atoms with Gasteiger partial charge in [-0.25, -0.2) is 4.39 Å². The van der Waals surface area contributed by atoms with Gasteiger partial charge in [0, 0.05) is 6.07 Å². The molecule has 0 atom stereocenters. The third-order valence-electron chi connectivity index (χ3n) is 3.21. The molecule has 120 valence electrons. The maximum atomic E-state index is 13.7. The van der Waals surface area contributed by atoms with Crippen molar-refractivity contribution >= 4 is 0 Å². The number of ether oxygens (including phenoxy) is 2. The molecule has 0 radical (unpaired) electrons. The van der Waals surface area contributed by atoms with Gasteiger partial charge in [-0.1, -0.05) is 6.07 Å². The largest absolute Gasteiger partial charge is 0.490 e. The molecule has 2 aromatic carbocycles. The van der Waals surface area contributed by atoms with Crippen LogP contribution in [0.15, 0.2) is 55.1 Å². The first-order valence-corrected chi connectivity index (χ1v) is 7.16. The van der Waals surface area contributed by atoms with Gasteiger partial charge in [-0.3, -0.25) is 4.57 Å². The second-order valence-electron chi connectivity index (χ2n) is 4.82. The average Bonchev–Trinajstić information content (AvgIpc) is 3.14. The van der Waals surface area contributed by atoms with Gasteiger partial charge in [0.15, 0.2) is 11.6 Å². The van der Waals surface area contributed by atoms with Crippen LogP contribution in [-0.2, 0) is 0 Å². The van der Waals surface area contributed by atoms with E-state index in [-0.39, 0.29) is 24.5 Å². The molecule has 6 nitrogen and oxygen atoms in total. The van der Waals surface area contributed by atoms with Crippen molar-refractivity contribution in [1.82, 2.24) is 14.8 Å². The zero-order valence-corrected chi connectivity index (χ0v) is 12.6. The number of benzene rings is 2. The number of halogens is 1. The number of rotatable bonds is 6. The normalized spacial score (nSPS) is 10.2. The summed E-state index contributed by atoms with van der Waals surface area (Å²) < 4.78 is 26.3. The van der Waals surface area contributed by atoms with Gasteiger partial charge in [0.1, 0.15) is 31.6 Å². The first-order chi connectivity index (χ1) is 11.8. The van der Waals surface area contributed by atoms with Crippen LogP contribution in [0.3, 0.4) is 0 Å². The summed E-state index contributed by atoms with van der Waals surface area (Å²) in [5.74, 6) is 0.185. The Hall–Kier alpha value is -3.40. The highest BCUT2D eigenvalue weighted by Crippen LogP contribution is 2.19. The average molecular weight is 324 g/mol. The number of nitriles is 1. The maximum Gasteiger partial charge on any atom is 0.166 e. The van der Waals surface area contributed by atoms with Gasteiger partial charge in [0.25, 0.3) is 0 Å².